The molecule has 0 bridgehead atoms. The Morgan fingerprint density at radius 3 is 1.04 bits per heavy atom. The van der Waals surface area contributed by atoms with Crippen molar-refractivity contribution in [3.63, 3.8) is 0 Å². The van der Waals surface area contributed by atoms with Gasteiger partial charge in [-0.2, -0.15) is 0 Å². The highest BCUT2D eigenvalue weighted by Crippen LogP contribution is 1.98. The Morgan fingerprint density at radius 1 is 0.393 bits per heavy atom. The van der Waals surface area contributed by atoms with Crippen molar-refractivity contribution in [3.05, 3.63) is 0 Å². The third kappa shape index (κ3) is 26.0. The maximum Gasteiger partial charge on any atom is 0.0701 e. The van der Waals surface area contributed by atoms with Crippen LogP contribution in [0.25, 0.3) is 0 Å². The van der Waals surface area contributed by atoms with Crippen LogP contribution < -0.4 is 0 Å². The lowest BCUT2D eigenvalue weighted by Crippen LogP contribution is -2.14. The average Bonchev–Trinajstić information content (AvgIpc) is 2.71. The zero-order chi connectivity index (χ0) is 20.4. The second kappa shape index (κ2) is 27.0. The summed E-state index contributed by atoms with van der Waals surface area (Å²) in [5.74, 6) is 0.511. The van der Waals surface area contributed by atoms with Crippen molar-refractivity contribution in [2.45, 2.75) is 32.6 Å². The van der Waals surface area contributed by atoms with E-state index in [1.54, 1.807) is 0 Å². The Morgan fingerprint density at radius 2 is 0.714 bits per heavy atom. The van der Waals surface area contributed by atoms with Gasteiger partial charge in [0, 0.05) is 12.5 Å². The third-order valence-electron chi connectivity index (χ3n) is 3.60. The summed E-state index contributed by atoms with van der Waals surface area (Å²) in [4.78, 5) is 0. The van der Waals surface area contributed by atoms with Gasteiger partial charge in [0.25, 0.3) is 0 Å². The van der Waals surface area contributed by atoms with E-state index >= 15 is 0 Å². The van der Waals surface area contributed by atoms with Gasteiger partial charge in [0.15, 0.2) is 0 Å². The fraction of sp³-hybridized carbons (Fsp3) is 1.00. The lowest BCUT2D eigenvalue weighted by molar-refractivity contribution is -0.0201. The van der Waals surface area contributed by atoms with Crippen molar-refractivity contribution in [2.24, 2.45) is 0 Å². The highest BCUT2D eigenvalue weighted by molar-refractivity contribution is 6.17. The molecule has 0 saturated heterocycles. The first-order valence-corrected chi connectivity index (χ1v) is 11.1. The normalized spacial score (nSPS) is 11.4. The van der Waals surface area contributed by atoms with E-state index in [2.05, 4.69) is 6.92 Å². The zero-order valence-electron chi connectivity index (χ0n) is 17.7. The molecule has 0 heterocycles. The van der Waals surface area contributed by atoms with Crippen LogP contribution in [-0.4, -0.2) is 98.4 Å². The fourth-order valence-electron chi connectivity index (χ4n) is 2.11. The number of alkyl halides is 1. The van der Waals surface area contributed by atoms with Crippen LogP contribution in [-0.2, 0) is 33.2 Å². The molecule has 0 aromatic carbocycles. The number of ether oxygens (including phenoxy) is 7. The molecule has 28 heavy (non-hydrogen) atoms. The van der Waals surface area contributed by atoms with Crippen molar-refractivity contribution >= 4 is 11.6 Å². The van der Waals surface area contributed by atoms with Crippen LogP contribution in [0.5, 0.6) is 0 Å². The van der Waals surface area contributed by atoms with Gasteiger partial charge < -0.3 is 33.2 Å². The van der Waals surface area contributed by atoms with Gasteiger partial charge in [0.05, 0.1) is 85.9 Å². The summed E-state index contributed by atoms with van der Waals surface area (Å²) in [5, 5.41) is 0. The summed E-state index contributed by atoms with van der Waals surface area (Å²) in [6.45, 7) is 10.5. The Bertz CT molecular complexity index is 247. The van der Waals surface area contributed by atoms with Gasteiger partial charge in [-0.3, -0.25) is 0 Å². The van der Waals surface area contributed by atoms with Gasteiger partial charge in [-0.25, -0.2) is 0 Å². The van der Waals surface area contributed by atoms with Gasteiger partial charge >= 0.3 is 0 Å². The third-order valence-corrected chi connectivity index (χ3v) is 3.75. The standard InChI is InChI=1S/C20H41ClO7/c1-2-3-4-5-7-22-9-11-24-13-15-26-17-19-28-20-18-27-16-14-25-12-10-23-8-6-21/h2-20H2,1H3. The molecule has 0 N–H and O–H groups in total. The molecular formula is C20H41ClO7. The van der Waals surface area contributed by atoms with Gasteiger partial charge in [0.1, 0.15) is 0 Å². The van der Waals surface area contributed by atoms with Crippen LogP contribution in [0.4, 0.5) is 0 Å². The zero-order valence-corrected chi connectivity index (χ0v) is 18.4. The van der Waals surface area contributed by atoms with E-state index in [0.29, 0.717) is 91.8 Å². The van der Waals surface area contributed by atoms with Crippen molar-refractivity contribution < 1.29 is 33.2 Å². The molecule has 170 valence electrons. The second-order valence-electron chi connectivity index (χ2n) is 6.04. The summed E-state index contributed by atoms with van der Waals surface area (Å²) in [5.41, 5.74) is 0. The Labute approximate surface area is 176 Å². The molecule has 0 atom stereocenters. The van der Waals surface area contributed by atoms with Crippen molar-refractivity contribution in [3.8, 4) is 0 Å². The Hall–Kier alpha value is 0.01000. The lowest BCUT2D eigenvalue weighted by Gasteiger charge is -2.08. The van der Waals surface area contributed by atoms with E-state index in [9.17, 15) is 0 Å². The minimum atomic E-state index is 0.511. The molecule has 0 spiro atoms. The molecule has 0 saturated carbocycles. The monoisotopic (exact) mass is 428 g/mol. The number of unbranched alkanes of at least 4 members (excludes halogenated alkanes) is 3. The molecule has 0 aromatic heterocycles. The molecular weight excluding hydrogens is 388 g/mol. The van der Waals surface area contributed by atoms with E-state index in [-0.39, 0.29) is 0 Å². The molecule has 7 nitrogen and oxygen atoms in total. The molecule has 0 aromatic rings. The van der Waals surface area contributed by atoms with Crippen molar-refractivity contribution in [1.29, 1.82) is 0 Å². The largest absolute Gasteiger partial charge is 0.379 e. The molecule has 0 amide bonds. The second-order valence-corrected chi connectivity index (χ2v) is 6.41. The van der Waals surface area contributed by atoms with E-state index in [0.717, 1.165) is 13.0 Å². The number of rotatable bonds is 25. The quantitative estimate of drug-likeness (QED) is 0.163. The van der Waals surface area contributed by atoms with Crippen LogP contribution in [0, 0.1) is 0 Å². The molecule has 0 radical (unpaired) electrons. The van der Waals surface area contributed by atoms with Gasteiger partial charge in [-0.15, -0.1) is 11.6 Å². The molecule has 0 fully saturated rings. The van der Waals surface area contributed by atoms with Crippen molar-refractivity contribution in [2.75, 3.05) is 98.4 Å². The van der Waals surface area contributed by atoms with E-state index < -0.39 is 0 Å². The minimum Gasteiger partial charge on any atom is -0.379 e. The Balaban J connectivity index is 2.96. The maximum atomic E-state index is 5.50. The molecule has 0 aliphatic rings. The topological polar surface area (TPSA) is 64.6 Å². The van der Waals surface area contributed by atoms with Crippen LogP contribution in [0.15, 0.2) is 0 Å². The summed E-state index contributed by atoms with van der Waals surface area (Å²) in [6.07, 6.45) is 4.93. The smallest absolute Gasteiger partial charge is 0.0701 e. The highest BCUT2D eigenvalue weighted by Gasteiger charge is 1.94. The van der Waals surface area contributed by atoms with Crippen LogP contribution >= 0.6 is 11.6 Å². The van der Waals surface area contributed by atoms with Gasteiger partial charge in [-0.1, -0.05) is 26.2 Å². The summed E-state index contributed by atoms with van der Waals surface area (Å²) >= 11 is 5.49. The molecule has 0 aliphatic heterocycles. The van der Waals surface area contributed by atoms with Crippen LogP contribution in [0.2, 0.25) is 0 Å². The first kappa shape index (κ1) is 28.0. The van der Waals surface area contributed by atoms with Crippen LogP contribution in [0.1, 0.15) is 32.6 Å². The highest BCUT2D eigenvalue weighted by atomic mass is 35.5. The summed E-state index contributed by atoms with van der Waals surface area (Å²) in [6, 6.07) is 0. The first-order valence-electron chi connectivity index (χ1n) is 10.5. The number of hydrogen-bond acceptors (Lipinski definition) is 7. The lowest BCUT2D eigenvalue weighted by atomic mass is 10.2. The molecule has 8 heteroatoms. The van der Waals surface area contributed by atoms with E-state index in [4.69, 9.17) is 44.8 Å². The molecule has 0 unspecified atom stereocenters. The predicted octanol–water partition coefficient (Wildman–Crippen LogP) is 2.92. The number of halogens is 1. The minimum absolute atomic E-state index is 0.511. The van der Waals surface area contributed by atoms with Crippen molar-refractivity contribution in [1.82, 2.24) is 0 Å². The summed E-state index contributed by atoms with van der Waals surface area (Å²) < 4.78 is 37.7. The van der Waals surface area contributed by atoms with E-state index in [1.807, 2.05) is 0 Å². The molecule has 0 aliphatic carbocycles. The van der Waals surface area contributed by atoms with E-state index in [1.165, 1.54) is 19.3 Å². The maximum absolute atomic E-state index is 5.50. The van der Waals surface area contributed by atoms with Gasteiger partial charge in [0.2, 0.25) is 0 Å². The van der Waals surface area contributed by atoms with Crippen LogP contribution in [0.3, 0.4) is 0 Å². The fourth-order valence-corrected chi connectivity index (χ4v) is 2.22. The Kier molecular flexibility index (Phi) is 27.0. The predicted molar refractivity (Wildman–Crippen MR) is 111 cm³/mol. The summed E-state index contributed by atoms with van der Waals surface area (Å²) in [7, 11) is 0. The average molecular weight is 429 g/mol. The SMILES string of the molecule is CCCCCCOCCOCCOCCOCCOCCOCCOCCCl. The molecule has 0 rings (SSSR count). The first-order chi connectivity index (χ1) is 13.9. The van der Waals surface area contributed by atoms with Gasteiger partial charge in [-0.05, 0) is 6.42 Å². The number of hydrogen-bond donors (Lipinski definition) is 0.